The molecular weight excluding hydrogens is 296 g/mol. The Labute approximate surface area is 144 Å². The quantitative estimate of drug-likeness (QED) is 0.857. The predicted octanol–water partition coefficient (Wildman–Crippen LogP) is 3.66. The van der Waals surface area contributed by atoms with Crippen LogP contribution in [0.5, 0.6) is 0 Å². The number of para-hydroxylation sites is 1. The first-order valence-corrected chi connectivity index (χ1v) is 8.82. The van der Waals surface area contributed by atoms with E-state index in [1.165, 1.54) is 22.4 Å². The minimum absolute atomic E-state index is 0.250. The van der Waals surface area contributed by atoms with Gasteiger partial charge < -0.3 is 9.80 Å². The van der Waals surface area contributed by atoms with Gasteiger partial charge in [0.05, 0.1) is 0 Å². The van der Waals surface area contributed by atoms with Crippen LogP contribution >= 0.6 is 0 Å². The second-order valence-electron chi connectivity index (χ2n) is 6.54. The smallest absolute Gasteiger partial charge is 0.223 e. The summed E-state index contributed by atoms with van der Waals surface area (Å²) in [5, 5.41) is 0. The molecule has 0 bridgehead atoms. The molecule has 0 aromatic heterocycles. The molecule has 0 N–H and O–H groups in total. The molecule has 0 aliphatic carbocycles. The van der Waals surface area contributed by atoms with Crippen LogP contribution in [0.3, 0.4) is 0 Å². The summed E-state index contributed by atoms with van der Waals surface area (Å²) in [6.07, 6.45) is 2.45. The summed E-state index contributed by atoms with van der Waals surface area (Å²) >= 11 is 0. The molecule has 0 radical (unpaired) electrons. The van der Waals surface area contributed by atoms with E-state index < -0.39 is 0 Å². The number of fused-ring (bicyclic) bond motifs is 1. The van der Waals surface area contributed by atoms with Gasteiger partial charge in [-0.3, -0.25) is 4.79 Å². The molecule has 2 aromatic rings. The molecule has 0 fully saturated rings. The van der Waals surface area contributed by atoms with Crippen LogP contribution < -0.4 is 4.90 Å². The van der Waals surface area contributed by atoms with Crippen molar-refractivity contribution in [1.29, 1.82) is 0 Å². The second-order valence-corrected chi connectivity index (χ2v) is 6.54. The first kappa shape index (κ1) is 16.6. The third-order valence-corrected chi connectivity index (χ3v) is 4.88. The van der Waals surface area contributed by atoms with Gasteiger partial charge in [-0.15, -0.1) is 0 Å². The zero-order chi connectivity index (χ0) is 16.9. The third kappa shape index (κ3) is 3.78. The largest absolute Gasteiger partial charge is 0.373 e. The van der Waals surface area contributed by atoms with Gasteiger partial charge in [0.1, 0.15) is 0 Å². The lowest BCUT2D eigenvalue weighted by Crippen LogP contribution is -2.34. The van der Waals surface area contributed by atoms with Gasteiger partial charge in [0.15, 0.2) is 0 Å². The lowest BCUT2D eigenvalue weighted by atomic mass is 10.1. The first-order chi connectivity index (χ1) is 11.7. The molecule has 3 heteroatoms. The van der Waals surface area contributed by atoms with E-state index in [0.29, 0.717) is 13.0 Å². The van der Waals surface area contributed by atoms with Crippen LogP contribution in [0.1, 0.15) is 30.0 Å². The van der Waals surface area contributed by atoms with Crippen LogP contribution in [0.4, 0.5) is 5.69 Å². The highest BCUT2D eigenvalue weighted by Gasteiger charge is 2.20. The molecule has 1 aliphatic rings. The van der Waals surface area contributed by atoms with E-state index in [0.717, 1.165) is 25.9 Å². The van der Waals surface area contributed by atoms with Crippen LogP contribution in [0.2, 0.25) is 0 Å². The van der Waals surface area contributed by atoms with E-state index in [2.05, 4.69) is 67.4 Å². The predicted molar refractivity (Wildman–Crippen MR) is 99.3 cm³/mol. The Morgan fingerprint density at radius 2 is 1.71 bits per heavy atom. The molecule has 0 saturated carbocycles. The minimum atomic E-state index is 0.250. The van der Waals surface area contributed by atoms with Crippen LogP contribution in [-0.2, 0) is 24.2 Å². The Morgan fingerprint density at radius 3 is 2.46 bits per heavy atom. The van der Waals surface area contributed by atoms with Crippen molar-refractivity contribution in [3.8, 4) is 0 Å². The van der Waals surface area contributed by atoms with Gasteiger partial charge in [0.25, 0.3) is 0 Å². The Bertz CT molecular complexity index is 693. The summed E-state index contributed by atoms with van der Waals surface area (Å²) in [5.41, 5.74) is 5.06. The van der Waals surface area contributed by atoms with Crippen molar-refractivity contribution in [3.63, 3.8) is 0 Å². The van der Waals surface area contributed by atoms with E-state index in [-0.39, 0.29) is 5.91 Å². The van der Waals surface area contributed by atoms with Gasteiger partial charge in [-0.05, 0) is 35.6 Å². The number of carbonyl (C=O) groups excluding carboxylic acids is 1. The maximum Gasteiger partial charge on any atom is 0.223 e. The number of anilines is 1. The lowest BCUT2D eigenvalue weighted by Gasteiger charge is -2.21. The second kappa shape index (κ2) is 7.52. The van der Waals surface area contributed by atoms with Gasteiger partial charge in [0, 0.05) is 38.8 Å². The van der Waals surface area contributed by atoms with Crippen molar-refractivity contribution >= 4 is 11.6 Å². The van der Waals surface area contributed by atoms with Crippen LogP contribution in [-0.4, -0.2) is 30.9 Å². The maximum atomic E-state index is 12.7. The highest BCUT2D eigenvalue weighted by molar-refractivity contribution is 5.77. The fourth-order valence-corrected chi connectivity index (χ4v) is 3.26. The number of rotatable bonds is 4. The van der Waals surface area contributed by atoms with Crippen molar-refractivity contribution in [2.24, 2.45) is 0 Å². The molecular formula is C21H26N2O. The molecule has 3 nitrogen and oxygen atoms in total. The van der Waals surface area contributed by atoms with Crippen molar-refractivity contribution in [2.45, 2.75) is 32.7 Å². The Kier molecular flexibility index (Phi) is 5.19. The standard InChI is InChI=1S/C21H26N2O/c1-3-17-8-10-18(11-9-17)12-13-21(24)23-15-14-22(2)20-7-5-4-6-19(20)16-23/h4-11H,3,12-16H2,1-2H3. The van der Waals surface area contributed by atoms with Crippen LogP contribution in [0, 0.1) is 0 Å². The summed E-state index contributed by atoms with van der Waals surface area (Å²) in [6, 6.07) is 17.0. The maximum absolute atomic E-state index is 12.7. The molecule has 3 rings (SSSR count). The first-order valence-electron chi connectivity index (χ1n) is 8.82. The number of benzene rings is 2. The van der Waals surface area contributed by atoms with Gasteiger partial charge in [-0.2, -0.15) is 0 Å². The molecule has 0 unspecified atom stereocenters. The van der Waals surface area contributed by atoms with Gasteiger partial charge in [-0.1, -0.05) is 49.4 Å². The van der Waals surface area contributed by atoms with Crippen molar-refractivity contribution < 1.29 is 4.79 Å². The van der Waals surface area contributed by atoms with Crippen molar-refractivity contribution in [1.82, 2.24) is 4.90 Å². The zero-order valence-electron chi connectivity index (χ0n) is 14.7. The van der Waals surface area contributed by atoms with Crippen molar-refractivity contribution in [3.05, 3.63) is 65.2 Å². The summed E-state index contributed by atoms with van der Waals surface area (Å²) in [6.45, 7) is 4.55. The molecule has 0 saturated heterocycles. The Balaban J connectivity index is 1.62. The van der Waals surface area contributed by atoms with E-state index in [9.17, 15) is 4.79 Å². The molecule has 24 heavy (non-hydrogen) atoms. The average molecular weight is 322 g/mol. The summed E-state index contributed by atoms with van der Waals surface area (Å²) < 4.78 is 0. The number of nitrogens with zero attached hydrogens (tertiary/aromatic N) is 2. The van der Waals surface area contributed by atoms with Gasteiger partial charge in [-0.25, -0.2) is 0 Å². The van der Waals surface area contributed by atoms with Crippen molar-refractivity contribution in [2.75, 3.05) is 25.0 Å². The fourth-order valence-electron chi connectivity index (χ4n) is 3.26. The SMILES string of the molecule is CCc1ccc(CCC(=O)N2CCN(C)c3ccccc3C2)cc1. The summed E-state index contributed by atoms with van der Waals surface area (Å²) in [4.78, 5) is 16.9. The molecule has 1 aliphatic heterocycles. The van der Waals surface area contributed by atoms with E-state index in [4.69, 9.17) is 0 Å². The molecule has 0 atom stereocenters. The van der Waals surface area contributed by atoms with Crippen LogP contribution in [0.15, 0.2) is 48.5 Å². The Hall–Kier alpha value is -2.29. The van der Waals surface area contributed by atoms with E-state index in [1.807, 2.05) is 4.90 Å². The number of hydrogen-bond donors (Lipinski definition) is 0. The fraction of sp³-hybridized carbons (Fsp3) is 0.381. The number of carbonyl (C=O) groups is 1. The number of hydrogen-bond acceptors (Lipinski definition) is 2. The molecule has 1 heterocycles. The third-order valence-electron chi connectivity index (χ3n) is 4.88. The average Bonchev–Trinajstić information content (AvgIpc) is 2.80. The monoisotopic (exact) mass is 322 g/mol. The number of amides is 1. The van der Waals surface area contributed by atoms with E-state index >= 15 is 0 Å². The minimum Gasteiger partial charge on any atom is -0.373 e. The molecule has 0 spiro atoms. The highest BCUT2D eigenvalue weighted by atomic mass is 16.2. The molecule has 1 amide bonds. The normalized spacial score (nSPS) is 14.2. The lowest BCUT2D eigenvalue weighted by molar-refractivity contribution is -0.131. The molecule has 2 aromatic carbocycles. The van der Waals surface area contributed by atoms with Gasteiger partial charge >= 0.3 is 0 Å². The summed E-state index contributed by atoms with van der Waals surface area (Å²) in [7, 11) is 2.10. The summed E-state index contributed by atoms with van der Waals surface area (Å²) in [5.74, 6) is 0.250. The van der Waals surface area contributed by atoms with E-state index in [1.54, 1.807) is 0 Å². The Morgan fingerprint density at radius 1 is 1.00 bits per heavy atom. The van der Waals surface area contributed by atoms with Gasteiger partial charge in [0.2, 0.25) is 5.91 Å². The zero-order valence-corrected chi connectivity index (χ0v) is 14.7. The number of aryl methyl sites for hydroxylation is 2. The molecule has 126 valence electrons. The van der Waals surface area contributed by atoms with Crippen LogP contribution in [0.25, 0.3) is 0 Å². The number of likely N-dealkylation sites (N-methyl/N-ethyl adjacent to an activating group) is 1. The highest BCUT2D eigenvalue weighted by Crippen LogP contribution is 2.24. The topological polar surface area (TPSA) is 23.6 Å².